The van der Waals surface area contributed by atoms with Gasteiger partial charge < -0.3 is 20.3 Å². The van der Waals surface area contributed by atoms with E-state index < -0.39 is 5.91 Å². The highest BCUT2D eigenvalue weighted by Gasteiger charge is 2.23. The second-order valence-corrected chi connectivity index (χ2v) is 5.96. The number of ether oxygens (including phenoxy) is 2. The van der Waals surface area contributed by atoms with Gasteiger partial charge in [-0.1, -0.05) is 18.2 Å². The fourth-order valence-corrected chi connectivity index (χ4v) is 3.00. The van der Waals surface area contributed by atoms with Crippen LogP contribution in [0.2, 0.25) is 0 Å². The third-order valence-electron chi connectivity index (χ3n) is 4.48. The first-order valence-electron chi connectivity index (χ1n) is 8.46. The number of fused-ring (bicyclic) bond motifs is 1. The summed E-state index contributed by atoms with van der Waals surface area (Å²) in [6, 6.07) is 13.7. The first kappa shape index (κ1) is 19.8. The molecule has 0 saturated carbocycles. The van der Waals surface area contributed by atoms with Crippen molar-refractivity contribution < 1.29 is 19.4 Å². The molecule has 1 unspecified atom stereocenters. The number of aliphatic hydroxyl groups excluding tert-OH is 1. The maximum Gasteiger partial charge on any atom is 0.248 e. The van der Waals surface area contributed by atoms with E-state index in [9.17, 15) is 4.79 Å². The average molecular weight is 358 g/mol. The van der Waals surface area contributed by atoms with Gasteiger partial charge in [-0.25, -0.2) is 0 Å². The number of primary amides is 1. The number of rotatable bonds is 4. The van der Waals surface area contributed by atoms with Gasteiger partial charge in [-0.2, -0.15) is 0 Å². The molecule has 0 spiro atoms. The standard InChI is InChI=1S/C19H22N2O3.CH4O/c1-13-17-8-5-15(19(20)22)11-18(17)24-10-9-21(13)12-14-3-6-16(23-2)7-4-14;1-2/h3-8,11,13H,9-10,12H2,1-2H3,(H2,20,22);2H,1H3. The van der Waals surface area contributed by atoms with E-state index in [0.717, 1.165) is 37.3 Å². The number of nitrogens with two attached hydrogens (primary N) is 1. The van der Waals surface area contributed by atoms with Crippen LogP contribution in [0.3, 0.4) is 0 Å². The maximum atomic E-state index is 11.4. The van der Waals surface area contributed by atoms with E-state index in [1.165, 1.54) is 5.56 Å². The van der Waals surface area contributed by atoms with E-state index in [4.69, 9.17) is 20.3 Å². The molecule has 140 valence electrons. The van der Waals surface area contributed by atoms with Crippen molar-refractivity contribution in [2.24, 2.45) is 5.73 Å². The Bertz CT molecular complexity index is 731. The Kier molecular flexibility index (Phi) is 7.00. The lowest BCUT2D eigenvalue weighted by Gasteiger charge is -2.27. The molecule has 2 aromatic carbocycles. The summed E-state index contributed by atoms with van der Waals surface area (Å²) in [6.07, 6.45) is 0. The smallest absolute Gasteiger partial charge is 0.248 e. The average Bonchev–Trinajstić information content (AvgIpc) is 2.83. The summed E-state index contributed by atoms with van der Waals surface area (Å²) in [6.45, 7) is 4.37. The van der Waals surface area contributed by atoms with E-state index in [2.05, 4.69) is 24.0 Å². The van der Waals surface area contributed by atoms with Crippen LogP contribution in [0.5, 0.6) is 11.5 Å². The van der Waals surface area contributed by atoms with E-state index in [0.29, 0.717) is 12.2 Å². The number of benzene rings is 2. The fraction of sp³-hybridized carbons (Fsp3) is 0.350. The SMILES string of the molecule is CO.COc1ccc(CN2CCOc3cc(C(N)=O)ccc3C2C)cc1. The molecule has 0 fully saturated rings. The number of carbonyl (C=O) groups excluding carboxylic acids is 1. The van der Waals surface area contributed by atoms with Crippen molar-refractivity contribution in [3.63, 3.8) is 0 Å². The topological polar surface area (TPSA) is 85.0 Å². The van der Waals surface area contributed by atoms with Crippen molar-refractivity contribution in [1.29, 1.82) is 0 Å². The van der Waals surface area contributed by atoms with Gasteiger partial charge in [0.2, 0.25) is 5.91 Å². The van der Waals surface area contributed by atoms with Crippen LogP contribution in [0.4, 0.5) is 0 Å². The van der Waals surface area contributed by atoms with Crippen molar-refractivity contribution in [2.45, 2.75) is 19.5 Å². The van der Waals surface area contributed by atoms with Gasteiger partial charge in [0.1, 0.15) is 18.1 Å². The minimum atomic E-state index is -0.437. The van der Waals surface area contributed by atoms with Gasteiger partial charge in [0.25, 0.3) is 0 Å². The molecule has 2 aromatic rings. The molecule has 1 heterocycles. The van der Waals surface area contributed by atoms with Crippen molar-refractivity contribution in [1.82, 2.24) is 4.90 Å². The fourth-order valence-electron chi connectivity index (χ4n) is 3.00. The van der Waals surface area contributed by atoms with Crippen molar-refractivity contribution in [3.05, 3.63) is 59.2 Å². The van der Waals surface area contributed by atoms with Crippen molar-refractivity contribution in [3.8, 4) is 11.5 Å². The maximum absolute atomic E-state index is 11.4. The summed E-state index contributed by atoms with van der Waals surface area (Å²) in [7, 11) is 2.67. The first-order chi connectivity index (χ1) is 12.6. The molecule has 1 atom stereocenters. The van der Waals surface area contributed by atoms with Crippen LogP contribution in [-0.2, 0) is 6.54 Å². The molecule has 0 radical (unpaired) electrons. The molecule has 0 aromatic heterocycles. The molecule has 26 heavy (non-hydrogen) atoms. The molecule has 6 heteroatoms. The minimum absolute atomic E-state index is 0.187. The highest BCUT2D eigenvalue weighted by atomic mass is 16.5. The third-order valence-corrected chi connectivity index (χ3v) is 4.48. The number of aliphatic hydroxyl groups is 1. The van der Waals surface area contributed by atoms with Gasteiger partial charge >= 0.3 is 0 Å². The van der Waals surface area contributed by atoms with E-state index in [-0.39, 0.29) is 6.04 Å². The minimum Gasteiger partial charge on any atom is -0.497 e. The molecule has 1 aliphatic heterocycles. The summed E-state index contributed by atoms with van der Waals surface area (Å²) < 4.78 is 11.1. The zero-order valence-corrected chi connectivity index (χ0v) is 15.4. The Balaban J connectivity index is 0.00000117. The third kappa shape index (κ3) is 4.53. The number of carbonyl (C=O) groups is 1. The number of hydrogen-bond acceptors (Lipinski definition) is 5. The summed E-state index contributed by atoms with van der Waals surface area (Å²) >= 11 is 0. The molecule has 0 aliphatic carbocycles. The van der Waals surface area contributed by atoms with E-state index >= 15 is 0 Å². The van der Waals surface area contributed by atoms with Crippen LogP contribution >= 0.6 is 0 Å². The molecule has 1 amide bonds. The second-order valence-electron chi connectivity index (χ2n) is 5.96. The lowest BCUT2D eigenvalue weighted by Crippen LogP contribution is -2.28. The molecule has 0 saturated heterocycles. The van der Waals surface area contributed by atoms with Crippen molar-refractivity contribution >= 4 is 5.91 Å². The normalized spacial score (nSPS) is 16.4. The lowest BCUT2D eigenvalue weighted by molar-refractivity contribution is 0.1000. The van der Waals surface area contributed by atoms with Gasteiger partial charge in [0, 0.05) is 37.4 Å². The summed E-state index contributed by atoms with van der Waals surface area (Å²) in [4.78, 5) is 13.7. The van der Waals surface area contributed by atoms with Crippen LogP contribution in [0.25, 0.3) is 0 Å². The molecule has 3 N–H and O–H groups in total. The summed E-state index contributed by atoms with van der Waals surface area (Å²) in [5.41, 5.74) is 8.13. The van der Waals surface area contributed by atoms with Gasteiger partial charge in [-0.15, -0.1) is 0 Å². The zero-order valence-electron chi connectivity index (χ0n) is 15.4. The highest BCUT2D eigenvalue weighted by Crippen LogP contribution is 2.33. The van der Waals surface area contributed by atoms with E-state index in [1.54, 1.807) is 19.2 Å². The number of nitrogens with zero attached hydrogens (tertiary/aromatic N) is 1. The van der Waals surface area contributed by atoms with Crippen LogP contribution in [-0.4, -0.2) is 43.3 Å². The molecular weight excluding hydrogens is 332 g/mol. The lowest BCUT2D eigenvalue weighted by atomic mass is 10.0. The Morgan fingerprint density at radius 1 is 1.27 bits per heavy atom. The van der Waals surface area contributed by atoms with Gasteiger partial charge in [-0.3, -0.25) is 9.69 Å². The Morgan fingerprint density at radius 3 is 2.58 bits per heavy atom. The largest absolute Gasteiger partial charge is 0.497 e. The first-order valence-corrected chi connectivity index (χ1v) is 8.46. The van der Waals surface area contributed by atoms with Gasteiger partial charge in [0.15, 0.2) is 0 Å². The number of methoxy groups -OCH3 is 1. The van der Waals surface area contributed by atoms with Crippen LogP contribution in [0.15, 0.2) is 42.5 Å². The molecule has 0 bridgehead atoms. The second kappa shape index (κ2) is 9.22. The van der Waals surface area contributed by atoms with Crippen LogP contribution in [0, 0.1) is 0 Å². The summed E-state index contributed by atoms with van der Waals surface area (Å²) in [5, 5.41) is 7.00. The quantitative estimate of drug-likeness (QED) is 0.876. The zero-order chi connectivity index (χ0) is 19.1. The predicted molar refractivity (Wildman–Crippen MR) is 100 cm³/mol. The predicted octanol–water partition coefficient (Wildman–Crippen LogP) is 2.36. The van der Waals surface area contributed by atoms with Crippen LogP contribution < -0.4 is 15.2 Å². The van der Waals surface area contributed by atoms with E-state index in [1.807, 2.05) is 18.2 Å². The van der Waals surface area contributed by atoms with Crippen molar-refractivity contribution in [2.75, 3.05) is 27.4 Å². The summed E-state index contributed by atoms with van der Waals surface area (Å²) in [5.74, 6) is 1.17. The Morgan fingerprint density at radius 2 is 1.96 bits per heavy atom. The Hall–Kier alpha value is -2.57. The monoisotopic (exact) mass is 358 g/mol. The number of hydrogen-bond donors (Lipinski definition) is 2. The number of amides is 1. The molecule has 6 nitrogen and oxygen atoms in total. The van der Waals surface area contributed by atoms with Crippen LogP contribution in [0.1, 0.15) is 34.5 Å². The Labute approximate surface area is 154 Å². The molecular formula is C20H26N2O4. The molecule has 3 rings (SSSR count). The van der Waals surface area contributed by atoms with Gasteiger partial charge in [0.05, 0.1) is 7.11 Å². The van der Waals surface area contributed by atoms with Gasteiger partial charge in [-0.05, 0) is 36.8 Å². The highest BCUT2D eigenvalue weighted by molar-refractivity contribution is 5.93. The molecule has 1 aliphatic rings.